The summed E-state index contributed by atoms with van der Waals surface area (Å²) in [5.41, 5.74) is 1.41. The van der Waals surface area contributed by atoms with Gasteiger partial charge in [-0.3, -0.25) is 0 Å². The van der Waals surface area contributed by atoms with E-state index in [9.17, 15) is 4.79 Å². The van der Waals surface area contributed by atoms with Crippen LogP contribution in [0.5, 0.6) is 5.75 Å². The highest BCUT2D eigenvalue weighted by Gasteiger charge is 2.06. The molecule has 2 amide bonds. The monoisotopic (exact) mass is 336 g/mol. The zero-order valence-corrected chi connectivity index (χ0v) is 13.3. The van der Waals surface area contributed by atoms with E-state index in [1.54, 1.807) is 36.4 Å². The van der Waals surface area contributed by atoms with Crippen LogP contribution in [0.3, 0.4) is 0 Å². The number of nitrogens with one attached hydrogen (secondary N) is 2. The molecule has 6 heteroatoms. The van der Waals surface area contributed by atoms with E-state index in [1.165, 1.54) is 13.3 Å². The largest absolute Gasteiger partial charge is 0.495 e. The van der Waals surface area contributed by atoms with Crippen LogP contribution in [0, 0.1) is 0 Å². The predicted octanol–water partition coefficient (Wildman–Crippen LogP) is 4.79. The minimum Gasteiger partial charge on any atom is -0.495 e. The van der Waals surface area contributed by atoms with Crippen molar-refractivity contribution in [3.63, 3.8) is 0 Å². The molecule has 0 bridgehead atoms. The lowest BCUT2D eigenvalue weighted by atomic mass is 10.2. The Balaban J connectivity index is 1.96. The summed E-state index contributed by atoms with van der Waals surface area (Å²) >= 11 is 11.7. The number of ether oxygens (including phenoxy) is 1. The second-order valence-corrected chi connectivity index (χ2v) is 5.20. The number of methoxy groups -OCH3 is 1. The second kappa shape index (κ2) is 7.73. The fourth-order valence-electron chi connectivity index (χ4n) is 1.72. The molecule has 0 aliphatic rings. The molecule has 0 aromatic heterocycles. The summed E-state index contributed by atoms with van der Waals surface area (Å²) in [5.74, 6) is 0.529. The lowest BCUT2D eigenvalue weighted by Crippen LogP contribution is -2.24. The Morgan fingerprint density at radius 3 is 2.45 bits per heavy atom. The molecule has 22 heavy (non-hydrogen) atoms. The third kappa shape index (κ3) is 4.69. The van der Waals surface area contributed by atoms with E-state index >= 15 is 0 Å². The van der Waals surface area contributed by atoms with Crippen LogP contribution in [-0.2, 0) is 0 Å². The highest BCUT2D eigenvalue weighted by atomic mass is 35.5. The number of urea groups is 1. The van der Waals surface area contributed by atoms with Gasteiger partial charge in [0, 0.05) is 16.2 Å². The minimum absolute atomic E-state index is 0.397. The Morgan fingerprint density at radius 2 is 1.77 bits per heavy atom. The van der Waals surface area contributed by atoms with Gasteiger partial charge in [0.15, 0.2) is 0 Å². The van der Waals surface area contributed by atoms with Gasteiger partial charge in [-0.05, 0) is 42.0 Å². The normalized spacial score (nSPS) is 10.5. The van der Waals surface area contributed by atoms with Gasteiger partial charge in [0.1, 0.15) is 5.75 Å². The average molecular weight is 337 g/mol. The lowest BCUT2D eigenvalue weighted by Gasteiger charge is -2.10. The Labute approximate surface area is 138 Å². The molecule has 114 valence electrons. The predicted molar refractivity (Wildman–Crippen MR) is 90.6 cm³/mol. The summed E-state index contributed by atoms with van der Waals surface area (Å²) in [5, 5.41) is 6.44. The van der Waals surface area contributed by atoms with Crippen molar-refractivity contribution in [3.8, 4) is 5.75 Å². The van der Waals surface area contributed by atoms with Crippen molar-refractivity contribution in [2.75, 3.05) is 12.4 Å². The summed E-state index contributed by atoms with van der Waals surface area (Å²) in [6, 6.07) is 11.8. The number of carbonyl (C=O) groups is 1. The zero-order chi connectivity index (χ0) is 15.9. The molecule has 0 heterocycles. The molecule has 0 unspecified atom stereocenters. The van der Waals surface area contributed by atoms with Crippen molar-refractivity contribution < 1.29 is 9.53 Å². The standard InChI is InChI=1S/C16H14Cl2N2O2/c1-22-15-7-6-13(18)10-14(15)20-16(21)19-9-8-11-2-4-12(17)5-3-11/h2-10H,1H3,(H2,19,20,21)/b9-8+. The van der Waals surface area contributed by atoms with Crippen molar-refractivity contribution in [2.24, 2.45) is 0 Å². The van der Waals surface area contributed by atoms with Gasteiger partial charge in [-0.25, -0.2) is 4.79 Å². The van der Waals surface area contributed by atoms with E-state index in [1.807, 2.05) is 12.1 Å². The van der Waals surface area contributed by atoms with E-state index < -0.39 is 6.03 Å². The molecule has 0 saturated heterocycles. The maximum absolute atomic E-state index is 11.8. The first-order valence-corrected chi connectivity index (χ1v) is 7.17. The SMILES string of the molecule is COc1ccc(Cl)cc1NC(=O)N/C=C/c1ccc(Cl)cc1. The van der Waals surface area contributed by atoms with Crippen LogP contribution >= 0.6 is 23.2 Å². The number of carbonyl (C=O) groups excluding carboxylic acids is 1. The highest BCUT2D eigenvalue weighted by molar-refractivity contribution is 6.31. The van der Waals surface area contributed by atoms with Gasteiger partial charge in [-0.2, -0.15) is 0 Å². The first-order valence-electron chi connectivity index (χ1n) is 6.41. The summed E-state index contributed by atoms with van der Waals surface area (Å²) < 4.78 is 5.15. The van der Waals surface area contributed by atoms with Gasteiger partial charge >= 0.3 is 6.03 Å². The van der Waals surface area contributed by atoms with Crippen LogP contribution in [0.1, 0.15) is 5.56 Å². The van der Waals surface area contributed by atoms with Gasteiger partial charge in [0.2, 0.25) is 0 Å². The Hall–Kier alpha value is -2.17. The van der Waals surface area contributed by atoms with Crippen LogP contribution in [0.4, 0.5) is 10.5 Å². The number of amides is 2. The molecule has 2 aromatic carbocycles. The molecular formula is C16H14Cl2N2O2. The van der Waals surface area contributed by atoms with E-state index in [4.69, 9.17) is 27.9 Å². The number of rotatable bonds is 4. The van der Waals surface area contributed by atoms with Crippen LogP contribution in [-0.4, -0.2) is 13.1 Å². The zero-order valence-electron chi connectivity index (χ0n) is 11.8. The number of hydrogen-bond acceptors (Lipinski definition) is 2. The molecule has 0 spiro atoms. The fraction of sp³-hybridized carbons (Fsp3) is 0.0625. The Morgan fingerprint density at radius 1 is 1.09 bits per heavy atom. The third-order valence-electron chi connectivity index (χ3n) is 2.77. The van der Waals surface area contributed by atoms with E-state index in [0.717, 1.165) is 5.56 Å². The van der Waals surface area contributed by atoms with E-state index in [-0.39, 0.29) is 0 Å². The van der Waals surface area contributed by atoms with Crippen molar-refractivity contribution >= 4 is 41.0 Å². The molecule has 0 saturated carbocycles. The van der Waals surface area contributed by atoms with Crippen molar-refractivity contribution in [1.82, 2.24) is 5.32 Å². The maximum Gasteiger partial charge on any atom is 0.323 e. The molecule has 2 aromatic rings. The number of benzene rings is 2. The molecule has 0 radical (unpaired) electrons. The smallest absolute Gasteiger partial charge is 0.323 e. The number of anilines is 1. The first kappa shape index (κ1) is 16.2. The Bertz CT molecular complexity index is 685. The second-order valence-electron chi connectivity index (χ2n) is 4.33. The van der Waals surface area contributed by atoms with Crippen molar-refractivity contribution in [1.29, 1.82) is 0 Å². The summed E-state index contributed by atoms with van der Waals surface area (Å²) in [6.07, 6.45) is 3.29. The van der Waals surface area contributed by atoms with E-state index in [2.05, 4.69) is 10.6 Å². The summed E-state index contributed by atoms with van der Waals surface area (Å²) in [6.45, 7) is 0. The minimum atomic E-state index is -0.397. The molecular weight excluding hydrogens is 323 g/mol. The maximum atomic E-state index is 11.8. The molecule has 0 aliphatic carbocycles. The lowest BCUT2D eigenvalue weighted by molar-refractivity contribution is 0.255. The van der Waals surface area contributed by atoms with Crippen LogP contribution in [0.25, 0.3) is 6.08 Å². The highest BCUT2D eigenvalue weighted by Crippen LogP contribution is 2.27. The van der Waals surface area contributed by atoms with Crippen LogP contribution < -0.4 is 15.4 Å². The van der Waals surface area contributed by atoms with E-state index in [0.29, 0.717) is 21.5 Å². The molecule has 0 aliphatic heterocycles. The van der Waals surface area contributed by atoms with Gasteiger partial charge in [-0.1, -0.05) is 35.3 Å². The fourth-order valence-corrected chi connectivity index (χ4v) is 2.02. The molecule has 0 fully saturated rings. The van der Waals surface area contributed by atoms with Gasteiger partial charge < -0.3 is 15.4 Å². The molecule has 2 N–H and O–H groups in total. The molecule has 0 atom stereocenters. The topological polar surface area (TPSA) is 50.4 Å². The summed E-state index contributed by atoms with van der Waals surface area (Å²) in [7, 11) is 1.52. The summed E-state index contributed by atoms with van der Waals surface area (Å²) in [4.78, 5) is 11.8. The van der Waals surface area contributed by atoms with Crippen LogP contribution in [0.2, 0.25) is 10.0 Å². The first-order chi connectivity index (χ1) is 10.6. The van der Waals surface area contributed by atoms with Gasteiger partial charge in [0.25, 0.3) is 0 Å². The average Bonchev–Trinajstić information content (AvgIpc) is 2.49. The number of halogens is 2. The van der Waals surface area contributed by atoms with Crippen LogP contribution in [0.15, 0.2) is 48.7 Å². The molecule has 4 nitrogen and oxygen atoms in total. The van der Waals surface area contributed by atoms with Crippen molar-refractivity contribution in [2.45, 2.75) is 0 Å². The van der Waals surface area contributed by atoms with Gasteiger partial charge in [-0.15, -0.1) is 0 Å². The van der Waals surface area contributed by atoms with Crippen molar-refractivity contribution in [3.05, 3.63) is 64.3 Å². The Kier molecular flexibility index (Phi) is 5.69. The quantitative estimate of drug-likeness (QED) is 0.842. The van der Waals surface area contributed by atoms with Gasteiger partial charge in [0.05, 0.1) is 12.8 Å². The molecule has 2 rings (SSSR count). The third-order valence-corrected chi connectivity index (χ3v) is 3.26. The number of hydrogen-bond donors (Lipinski definition) is 2.